The number of rotatable bonds is 10. The molecule has 3 rings (SSSR count). The van der Waals surface area contributed by atoms with Crippen molar-refractivity contribution in [2.45, 2.75) is 26.5 Å². The first kappa shape index (κ1) is 22.4. The Morgan fingerprint density at radius 3 is 2.48 bits per heavy atom. The first-order valence-electron chi connectivity index (χ1n) is 9.75. The minimum Gasteiger partial charge on any atom is -0.489 e. The molecule has 1 heterocycles. The molecule has 0 fully saturated rings. The van der Waals surface area contributed by atoms with Crippen LogP contribution in [0.25, 0.3) is 0 Å². The predicted octanol–water partition coefficient (Wildman–Crippen LogP) is 4.50. The fourth-order valence-corrected chi connectivity index (χ4v) is 3.39. The number of carboxylic acids is 1. The first-order chi connectivity index (χ1) is 15.0. The van der Waals surface area contributed by atoms with E-state index in [-0.39, 0.29) is 5.69 Å². The van der Waals surface area contributed by atoms with Crippen LogP contribution in [0.15, 0.2) is 65.1 Å². The van der Waals surface area contributed by atoms with Crippen molar-refractivity contribution in [3.8, 4) is 5.75 Å². The van der Waals surface area contributed by atoms with Crippen LogP contribution in [0.1, 0.15) is 35.0 Å². The largest absolute Gasteiger partial charge is 0.489 e. The normalized spacial score (nSPS) is 10.5. The van der Waals surface area contributed by atoms with Crippen molar-refractivity contribution in [2.75, 3.05) is 11.4 Å². The summed E-state index contributed by atoms with van der Waals surface area (Å²) in [6.07, 6.45) is -0.605. The number of Topliss-reactive ketones (excluding diaryl/α,β-unsaturated/α-hetero) is 1. The lowest BCUT2D eigenvalue weighted by atomic mass is 10.1. The van der Waals surface area contributed by atoms with Crippen LogP contribution in [0.3, 0.4) is 0 Å². The highest BCUT2D eigenvalue weighted by Gasteiger charge is 2.16. The third-order valence-electron chi connectivity index (χ3n) is 4.57. The molecular weight excluding hydrogens is 462 g/mol. The summed E-state index contributed by atoms with van der Waals surface area (Å²) in [7, 11) is 0. The van der Waals surface area contributed by atoms with Gasteiger partial charge in [-0.2, -0.15) is 0 Å². The molecule has 1 aromatic heterocycles. The molecule has 0 atom stereocenters. The molecule has 0 radical (unpaired) electrons. The second-order valence-corrected chi connectivity index (χ2v) is 7.73. The quantitative estimate of drug-likeness (QED) is 0.335. The third-order valence-corrected chi connectivity index (χ3v) is 5.07. The maximum Gasteiger partial charge on any atom is 0.311 e. The lowest BCUT2D eigenvalue weighted by molar-refractivity contribution is -0.135. The Labute approximate surface area is 188 Å². The van der Waals surface area contributed by atoms with Gasteiger partial charge in [-0.05, 0) is 42.8 Å². The maximum atomic E-state index is 11.8. The van der Waals surface area contributed by atoms with E-state index in [2.05, 4.69) is 26.1 Å². The number of halogens is 1. The lowest BCUT2D eigenvalue weighted by Crippen LogP contribution is -2.24. The molecule has 160 valence electrons. The van der Waals surface area contributed by atoms with Crippen molar-refractivity contribution in [1.82, 2.24) is 10.2 Å². The number of carbonyl (C=O) groups is 2. The van der Waals surface area contributed by atoms with Gasteiger partial charge < -0.3 is 14.7 Å². The van der Waals surface area contributed by atoms with E-state index in [1.807, 2.05) is 60.4 Å². The molecule has 0 aliphatic rings. The molecule has 3 aromatic rings. The Kier molecular flexibility index (Phi) is 7.72. The summed E-state index contributed by atoms with van der Waals surface area (Å²) in [6, 6.07) is 19.0. The summed E-state index contributed by atoms with van der Waals surface area (Å²) >= 11 is 3.52. The molecule has 2 aromatic carbocycles. The molecular formula is C23H22BrN3O4. The standard InChI is InChI=1S/C23H22BrN3O4/c1-2-27(22-11-9-19(25-26-22)20(28)13-23(29)30)14-17-12-18(24)8-10-21(17)31-15-16-6-4-3-5-7-16/h3-12H,2,13-15H2,1H3,(H,29,30). The van der Waals surface area contributed by atoms with E-state index in [0.717, 1.165) is 21.3 Å². The Hall–Kier alpha value is -3.26. The van der Waals surface area contributed by atoms with E-state index >= 15 is 0 Å². The van der Waals surface area contributed by atoms with Gasteiger partial charge in [0.1, 0.15) is 24.5 Å². The zero-order valence-electron chi connectivity index (χ0n) is 17.0. The fourth-order valence-electron chi connectivity index (χ4n) is 2.98. The van der Waals surface area contributed by atoms with Crippen molar-refractivity contribution < 1.29 is 19.4 Å². The number of aromatic nitrogens is 2. The number of hydrogen-bond acceptors (Lipinski definition) is 6. The van der Waals surface area contributed by atoms with E-state index in [9.17, 15) is 9.59 Å². The highest BCUT2D eigenvalue weighted by molar-refractivity contribution is 9.10. The molecule has 0 spiro atoms. The fraction of sp³-hybridized carbons (Fsp3) is 0.217. The number of anilines is 1. The molecule has 0 saturated heterocycles. The van der Waals surface area contributed by atoms with Crippen LogP contribution in [0.5, 0.6) is 5.75 Å². The molecule has 0 amide bonds. The highest BCUT2D eigenvalue weighted by atomic mass is 79.9. The predicted molar refractivity (Wildman–Crippen MR) is 120 cm³/mol. The molecule has 0 saturated carbocycles. The van der Waals surface area contributed by atoms with Gasteiger partial charge in [-0.25, -0.2) is 0 Å². The van der Waals surface area contributed by atoms with Gasteiger partial charge in [0.05, 0.1) is 0 Å². The average molecular weight is 484 g/mol. The number of benzene rings is 2. The van der Waals surface area contributed by atoms with Gasteiger partial charge in [-0.1, -0.05) is 46.3 Å². The lowest BCUT2D eigenvalue weighted by Gasteiger charge is -2.23. The van der Waals surface area contributed by atoms with Crippen molar-refractivity contribution in [1.29, 1.82) is 0 Å². The van der Waals surface area contributed by atoms with Gasteiger partial charge in [-0.15, -0.1) is 10.2 Å². The molecule has 7 nitrogen and oxygen atoms in total. The third kappa shape index (κ3) is 6.36. The summed E-state index contributed by atoms with van der Waals surface area (Å²) in [6.45, 7) is 3.63. The first-order valence-corrected chi connectivity index (χ1v) is 10.5. The number of aliphatic carboxylic acids is 1. The minimum absolute atomic E-state index is 0.0385. The van der Waals surface area contributed by atoms with Gasteiger partial charge in [0.2, 0.25) is 0 Å². The average Bonchev–Trinajstić information content (AvgIpc) is 2.77. The van der Waals surface area contributed by atoms with E-state index in [1.54, 1.807) is 6.07 Å². The molecule has 1 N–H and O–H groups in total. The van der Waals surface area contributed by atoms with Crippen LogP contribution in [0, 0.1) is 0 Å². The zero-order valence-corrected chi connectivity index (χ0v) is 18.6. The monoisotopic (exact) mass is 483 g/mol. The topological polar surface area (TPSA) is 92.6 Å². The summed E-state index contributed by atoms with van der Waals surface area (Å²) in [4.78, 5) is 24.6. The summed E-state index contributed by atoms with van der Waals surface area (Å²) in [5.41, 5.74) is 2.09. The van der Waals surface area contributed by atoms with E-state index in [0.29, 0.717) is 25.5 Å². The second-order valence-electron chi connectivity index (χ2n) is 6.81. The van der Waals surface area contributed by atoms with Crippen molar-refractivity contribution in [2.24, 2.45) is 0 Å². The Balaban J connectivity index is 1.75. The SMILES string of the molecule is CCN(Cc1cc(Br)ccc1OCc1ccccc1)c1ccc(C(=O)CC(=O)O)nn1. The van der Waals surface area contributed by atoms with Gasteiger partial charge >= 0.3 is 5.97 Å². The number of ketones is 1. The van der Waals surface area contributed by atoms with Crippen LogP contribution < -0.4 is 9.64 Å². The molecule has 31 heavy (non-hydrogen) atoms. The highest BCUT2D eigenvalue weighted by Crippen LogP contribution is 2.27. The zero-order chi connectivity index (χ0) is 22.2. The second kappa shape index (κ2) is 10.7. The van der Waals surface area contributed by atoms with E-state index in [1.165, 1.54) is 6.07 Å². The Morgan fingerprint density at radius 1 is 1.06 bits per heavy atom. The van der Waals surface area contributed by atoms with Crippen molar-refractivity contribution in [3.05, 3.63) is 82.0 Å². The molecule has 0 aliphatic heterocycles. The van der Waals surface area contributed by atoms with Crippen LogP contribution in [0.4, 0.5) is 5.82 Å². The summed E-state index contributed by atoms with van der Waals surface area (Å²) < 4.78 is 7.00. The molecule has 0 unspecified atom stereocenters. The van der Waals surface area contributed by atoms with Gasteiger partial charge in [0, 0.05) is 23.1 Å². The van der Waals surface area contributed by atoms with Crippen molar-refractivity contribution >= 4 is 33.5 Å². The summed E-state index contributed by atoms with van der Waals surface area (Å²) in [5, 5.41) is 16.8. The van der Waals surface area contributed by atoms with E-state index < -0.39 is 18.2 Å². The smallest absolute Gasteiger partial charge is 0.311 e. The Bertz CT molecular complexity index is 1040. The van der Waals surface area contributed by atoms with E-state index in [4.69, 9.17) is 9.84 Å². The number of carbonyl (C=O) groups excluding carboxylic acids is 1. The maximum absolute atomic E-state index is 11.8. The minimum atomic E-state index is -1.19. The van der Waals surface area contributed by atoms with Gasteiger partial charge in [0.25, 0.3) is 0 Å². The Morgan fingerprint density at radius 2 is 1.84 bits per heavy atom. The number of hydrogen-bond donors (Lipinski definition) is 1. The van der Waals surface area contributed by atoms with Gasteiger partial charge in [0.15, 0.2) is 11.6 Å². The van der Waals surface area contributed by atoms with Crippen LogP contribution in [-0.2, 0) is 17.9 Å². The van der Waals surface area contributed by atoms with Crippen LogP contribution >= 0.6 is 15.9 Å². The summed E-state index contributed by atoms with van der Waals surface area (Å²) in [5.74, 6) is -0.406. The molecule has 0 bridgehead atoms. The number of carboxylic acid groups (broad SMARTS) is 1. The van der Waals surface area contributed by atoms with Crippen LogP contribution in [-0.4, -0.2) is 33.6 Å². The van der Waals surface area contributed by atoms with Crippen molar-refractivity contribution in [3.63, 3.8) is 0 Å². The van der Waals surface area contributed by atoms with Crippen LogP contribution in [0.2, 0.25) is 0 Å². The number of nitrogens with zero attached hydrogens (tertiary/aromatic N) is 3. The molecule has 8 heteroatoms. The molecule has 0 aliphatic carbocycles. The number of ether oxygens (including phenoxy) is 1. The van der Waals surface area contributed by atoms with Gasteiger partial charge in [-0.3, -0.25) is 9.59 Å².